The summed E-state index contributed by atoms with van der Waals surface area (Å²) in [5.74, 6) is 0. The highest BCUT2D eigenvalue weighted by Gasteiger charge is 2.07. The Morgan fingerprint density at radius 3 is 2.00 bits per heavy atom. The Morgan fingerprint density at radius 2 is 1.31 bits per heavy atom. The van der Waals surface area contributed by atoms with Crippen LogP contribution in [0.1, 0.15) is 16.7 Å². The van der Waals surface area contributed by atoms with E-state index in [1.807, 2.05) is 12.1 Å². The van der Waals surface area contributed by atoms with Gasteiger partial charge in [0.2, 0.25) is 0 Å². The predicted molar refractivity (Wildman–Crippen MR) is 70.5 cm³/mol. The van der Waals surface area contributed by atoms with E-state index in [9.17, 15) is 0 Å². The molecular weight excluding hydrogens is 194 g/mol. The number of nitrogen functional groups attached to an aromatic ring is 1. The van der Waals surface area contributed by atoms with Crippen molar-refractivity contribution in [2.45, 2.75) is 20.8 Å². The Bertz CT molecular complexity index is 477. The minimum Gasteiger partial charge on any atom is -0.398 e. The lowest BCUT2D eigenvalue weighted by Crippen LogP contribution is -1.94. The van der Waals surface area contributed by atoms with Crippen LogP contribution < -0.4 is 5.73 Å². The third kappa shape index (κ3) is 1.69. The van der Waals surface area contributed by atoms with Crippen molar-refractivity contribution in [1.82, 2.24) is 0 Å². The number of hydrogen-bond acceptors (Lipinski definition) is 1. The van der Waals surface area contributed by atoms with E-state index in [0.29, 0.717) is 0 Å². The van der Waals surface area contributed by atoms with Crippen molar-refractivity contribution in [3.63, 3.8) is 0 Å². The van der Waals surface area contributed by atoms with Gasteiger partial charge in [-0.1, -0.05) is 30.3 Å². The maximum atomic E-state index is 5.95. The highest BCUT2D eigenvalue weighted by molar-refractivity contribution is 5.75. The molecule has 0 aliphatic rings. The van der Waals surface area contributed by atoms with Crippen molar-refractivity contribution in [3.05, 3.63) is 53.1 Å². The van der Waals surface area contributed by atoms with Crippen LogP contribution in [0, 0.1) is 20.8 Å². The molecule has 82 valence electrons. The molecule has 2 aromatic rings. The molecule has 0 bridgehead atoms. The summed E-state index contributed by atoms with van der Waals surface area (Å²) >= 11 is 0. The summed E-state index contributed by atoms with van der Waals surface area (Å²) < 4.78 is 0. The van der Waals surface area contributed by atoms with Crippen LogP contribution in [0.5, 0.6) is 0 Å². The zero-order valence-corrected chi connectivity index (χ0v) is 10.0. The van der Waals surface area contributed by atoms with Gasteiger partial charge < -0.3 is 5.73 Å². The zero-order chi connectivity index (χ0) is 11.7. The molecule has 0 saturated carbocycles. The molecule has 2 rings (SSSR count). The first-order valence-electron chi connectivity index (χ1n) is 5.53. The number of benzene rings is 2. The molecule has 0 saturated heterocycles. The third-order valence-electron chi connectivity index (χ3n) is 3.27. The fraction of sp³-hybridized carbons (Fsp3) is 0.200. The van der Waals surface area contributed by atoms with Crippen LogP contribution in [0.15, 0.2) is 36.4 Å². The molecule has 2 aromatic carbocycles. The molecule has 0 fully saturated rings. The Morgan fingerprint density at radius 1 is 0.750 bits per heavy atom. The lowest BCUT2D eigenvalue weighted by Gasteiger charge is -2.12. The fourth-order valence-corrected chi connectivity index (χ4v) is 1.99. The first-order chi connectivity index (χ1) is 7.61. The van der Waals surface area contributed by atoms with E-state index in [4.69, 9.17) is 5.73 Å². The van der Waals surface area contributed by atoms with Crippen molar-refractivity contribution in [2.24, 2.45) is 0 Å². The number of anilines is 1. The van der Waals surface area contributed by atoms with Gasteiger partial charge in [-0.3, -0.25) is 0 Å². The number of nitrogens with two attached hydrogens (primary N) is 1. The van der Waals surface area contributed by atoms with E-state index in [0.717, 1.165) is 11.3 Å². The first-order valence-corrected chi connectivity index (χ1v) is 5.53. The summed E-state index contributed by atoms with van der Waals surface area (Å²) in [4.78, 5) is 0. The predicted octanol–water partition coefficient (Wildman–Crippen LogP) is 3.86. The van der Waals surface area contributed by atoms with E-state index < -0.39 is 0 Å². The van der Waals surface area contributed by atoms with Gasteiger partial charge >= 0.3 is 0 Å². The third-order valence-corrected chi connectivity index (χ3v) is 3.27. The second-order valence-electron chi connectivity index (χ2n) is 4.27. The molecule has 0 atom stereocenters. The van der Waals surface area contributed by atoms with E-state index in [-0.39, 0.29) is 0 Å². The standard InChI is InChI=1S/C15H17N/c1-10-6-4-7-13(11(10)2)14-8-5-9-15(16)12(14)3/h4-9H,16H2,1-3H3. The van der Waals surface area contributed by atoms with Crippen LogP contribution in [0.3, 0.4) is 0 Å². The van der Waals surface area contributed by atoms with E-state index >= 15 is 0 Å². The summed E-state index contributed by atoms with van der Waals surface area (Å²) in [5.41, 5.74) is 13.1. The van der Waals surface area contributed by atoms with E-state index in [1.54, 1.807) is 0 Å². The van der Waals surface area contributed by atoms with E-state index in [2.05, 4.69) is 45.0 Å². The molecule has 0 heterocycles. The zero-order valence-electron chi connectivity index (χ0n) is 10.0. The molecule has 1 nitrogen and oxygen atoms in total. The van der Waals surface area contributed by atoms with Gasteiger partial charge in [-0.15, -0.1) is 0 Å². The summed E-state index contributed by atoms with van der Waals surface area (Å²) in [7, 11) is 0. The molecule has 1 heteroatoms. The van der Waals surface area contributed by atoms with Gasteiger partial charge in [0.1, 0.15) is 0 Å². The molecule has 0 aromatic heterocycles. The first kappa shape index (κ1) is 10.7. The average molecular weight is 211 g/mol. The number of aryl methyl sites for hydroxylation is 1. The van der Waals surface area contributed by atoms with Crippen molar-refractivity contribution in [2.75, 3.05) is 5.73 Å². The quantitative estimate of drug-likeness (QED) is 0.712. The summed E-state index contributed by atoms with van der Waals surface area (Å²) in [6, 6.07) is 12.5. The van der Waals surface area contributed by atoms with Gasteiger partial charge in [-0.2, -0.15) is 0 Å². The minimum absolute atomic E-state index is 0.860. The second-order valence-corrected chi connectivity index (χ2v) is 4.27. The molecule has 0 spiro atoms. The van der Waals surface area contributed by atoms with Crippen LogP contribution in [0.2, 0.25) is 0 Å². The topological polar surface area (TPSA) is 26.0 Å². The van der Waals surface area contributed by atoms with E-state index in [1.165, 1.54) is 22.3 Å². The van der Waals surface area contributed by atoms with Crippen LogP contribution in [0.4, 0.5) is 5.69 Å². The number of rotatable bonds is 1. The van der Waals surface area contributed by atoms with Crippen LogP contribution in [-0.4, -0.2) is 0 Å². The Hall–Kier alpha value is -1.76. The Balaban J connectivity index is 2.68. The molecule has 0 aliphatic carbocycles. The van der Waals surface area contributed by atoms with Crippen LogP contribution in [0.25, 0.3) is 11.1 Å². The summed E-state index contributed by atoms with van der Waals surface area (Å²) in [6.07, 6.45) is 0. The maximum Gasteiger partial charge on any atom is 0.0349 e. The van der Waals surface area contributed by atoms with Gasteiger partial charge in [-0.25, -0.2) is 0 Å². The molecule has 0 amide bonds. The summed E-state index contributed by atoms with van der Waals surface area (Å²) in [5, 5.41) is 0. The van der Waals surface area contributed by atoms with Crippen LogP contribution in [-0.2, 0) is 0 Å². The highest BCUT2D eigenvalue weighted by Crippen LogP contribution is 2.30. The second kappa shape index (κ2) is 4.01. The SMILES string of the molecule is Cc1cccc(-c2cccc(N)c2C)c1C. The normalized spacial score (nSPS) is 10.4. The van der Waals surface area contributed by atoms with Crippen LogP contribution >= 0.6 is 0 Å². The van der Waals surface area contributed by atoms with Crippen molar-refractivity contribution in [3.8, 4) is 11.1 Å². The maximum absolute atomic E-state index is 5.95. The largest absolute Gasteiger partial charge is 0.398 e. The Labute approximate surface area is 96.9 Å². The molecule has 0 unspecified atom stereocenters. The minimum atomic E-state index is 0.860. The van der Waals surface area contributed by atoms with Gasteiger partial charge in [0.05, 0.1) is 0 Å². The average Bonchev–Trinajstić information content (AvgIpc) is 2.27. The highest BCUT2D eigenvalue weighted by atomic mass is 14.6. The Kier molecular flexibility index (Phi) is 2.69. The summed E-state index contributed by atoms with van der Waals surface area (Å²) in [6.45, 7) is 6.38. The van der Waals surface area contributed by atoms with Gasteiger partial charge in [0, 0.05) is 5.69 Å². The molecule has 0 radical (unpaired) electrons. The van der Waals surface area contributed by atoms with Gasteiger partial charge in [0.15, 0.2) is 0 Å². The smallest absolute Gasteiger partial charge is 0.0349 e. The molecule has 16 heavy (non-hydrogen) atoms. The molecule has 0 aliphatic heterocycles. The van der Waals surface area contributed by atoms with Gasteiger partial charge in [0.25, 0.3) is 0 Å². The van der Waals surface area contributed by atoms with Gasteiger partial charge in [-0.05, 0) is 54.7 Å². The molecule has 2 N–H and O–H groups in total. The lowest BCUT2D eigenvalue weighted by atomic mass is 9.93. The molecular formula is C15H17N. The van der Waals surface area contributed by atoms with Crippen molar-refractivity contribution >= 4 is 5.69 Å². The fourth-order valence-electron chi connectivity index (χ4n) is 1.99. The monoisotopic (exact) mass is 211 g/mol. The lowest BCUT2D eigenvalue weighted by molar-refractivity contribution is 1.33. The number of hydrogen-bond donors (Lipinski definition) is 1. The van der Waals surface area contributed by atoms with Crippen molar-refractivity contribution < 1.29 is 0 Å². The van der Waals surface area contributed by atoms with Crippen molar-refractivity contribution in [1.29, 1.82) is 0 Å².